The molecule has 3 aromatic heterocycles. The SMILES string of the molecule is Cc1ccc(Cn2c(N)nc3ccc(C)nc32)cn1. The van der Waals surface area contributed by atoms with E-state index in [0.717, 1.165) is 28.1 Å². The second kappa shape index (κ2) is 4.35. The summed E-state index contributed by atoms with van der Waals surface area (Å²) in [5, 5.41) is 0. The highest BCUT2D eigenvalue weighted by molar-refractivity contribution is 5.74. The Hall–Kier alpha value is -2.43. The van der Waals surface area contributed by atoms with Gasteiger partial charge in [0.25, 0.3) is 0 Å². The molecule has 0 aliphatic carbocycles. The lowest BCUT2D eigenvalue weighted by Gasteiger charge is -2.06. The van der Waals surface area contributed by atoms with E-state index in [1.165, 1.54) is 0 Å². The minimum atomic E-state index is 0.480. The Kier molecular flexibility index (Phi) is 2.67. The van der Waals surface area contributed by atoms with Crippen molar-refractivity contribution in [3.8, 4) is 0 Å². The summed E-state index contributed by atoms with van der Waals surface area (Å²) >= 11 is 0. The highest BCUT2D eigenvalue weighted by Crippen LogP contribution is 2.18. The molecule has 0 unspecified atom stereocenters. The molecule has 0 aliphatic rings. The second-order valence-electron chi connectivity index (χ2n) is 4.66. The standard InChI is InChI=1S/C14H15N5/c1-9-3-5-11(7-16-9)8-19-13-12(18-14(19)15)6-4-10(2)17-13/h3-7H,8H2,1-2H3,(H2,15,18). The average molecular weight is 253 g/mol. The van der Waals surface area contributed by atoms with Gasteiger partial charge in [-0.05, 0) is 37.6 Å². The van der Waals surface area contributed by atoms with E-state index in [2.05, 4.69) is 15.0 Å². The van der Waals surface area contributed by atoms with Gasteiger partial charge in [-0.15, -0.1) is 0 Å². The zero-order valence-corrected chi connectivity index (χ0v) is 11.0. The van der Waals surface area contributed by atoms with Crippen molar-refractivity contribution in [2.24, 2.45) is 0 Å². The van der Waals surface area contributed by atoms with Gasteiger partial charge < -0.3 is 5.73 Å². The first-order chi connectivity index (χ1) is 9.13. The molecule has 0 bridgehead atoms. The molecule has 19 heavy (non-hydrogen) atoms. The van der Waals surface area contributed by atoms with Crippen LogP contribution >= 0.6 is 0 Å². The van der Waals surface area contributed by atoms with Crippen molar-refractivity contribution in [3.63, 3.8) is 0 Å². The number of fused-ring (bicyclic) bond motifs is 1. The van der Waals surface area contributed by atoms with E-state index in [-0.39, 0.29) is 0 Å². The predicted octanol–water partition coefficient (Wildman–Crippen LogP) is 2.07. The first-order valence-corrected chi connectivity index (χ1v) is 6.14. The molecule has 5 heteroatoms. The lowest BCUT2D eigenvalue weighted by molar-refractivity contribution is 0.820. The third-order valence-electron chi connectivity index (χ3n) is 3.07. The van der Waals surface area contributed by atoms with E-state index < -0.39 is 0 Å². The van der Waals surface area contributed by atoms with Crippen molar-refractivity contribution in [2.45, 2.75) is 20.4 Å². The monoisotopic (exact) mass is 253 g/mol. The van der Waals surface area contributed by atoms with Crippen molar-refractivity contribution < 1.29 is 0 Å². The van der Waals surface area contributed by atoms with Crippen LogP contribution in [0.2, 0.25) is 0 Å². The Morgan fingerprint density at radius 3 is 2.58 bits per heavy atom. The average Bonchev–Trinajstić information content (AvgIpc) is 2.69. The lowest BCUT2D eigenvalue weighted by Crippen LogP contribution is -2.06. The van der Waals surface area contributed by atoms with E-state index >= 15 is 0 Å². The molecule has 0 spiro atoms. The number of nitrogens with zero attached hydrogens (tertiary/aromatic N) is 4. The zero-order chi connectivity index (χ0) is 13.4. The molecule has 96 valence electrons. The van der Waals surface area contributed by atoms with Crippen LogP contribution in [0, 0.1) is 13.8 Å². The van der Waals surface area contributed by atoms with Gasteiger partial charge in [0.2, 0.25) is 5.95 Å². The van der Waals surface area contributed by atoms with E-state index in [1.54, 1.807) is 0 Å². The predicted molar refractivity (Wildman–Crippen MR) is 74.8 cm³/mol. The number of aryl methyl sites for hydroxylation is 2. The Labute approximate surface area is 111 Å². The van der Waals surface area contributed by atoms with Crippen LogP contribution in [0.15, 0.2) is 30.5 Å². The molecule has 0 saturated heterocycles. The van der Waals surface area contributed by atoms with Gasteiger partial charge in [0.05, 0.1) is 6.54 Å². The third-order valence-corrected chi connectivity index (χ3v) is 3.07. The van der Waals surface area contributed by atoms with E-state index in [9.17, 15) is 0 Å². The molecule has 0 aliphatic heterocycles. The Bertz CT molecular complexity index is 727. The highest BCUT2D eigenvalue weighted by atomic mass is 15.2. The number of nitrogen functional groups attached to an aromatic ring is 1. The van der Waals surface area contributed by atoms with Crippen LogP contribution in [0.4, 0.5) is 5.95 Å². The summed E-state index contributed by atoms with van der Waals surface area (Å²) in [5.74, 6) is 0.480. The van der Waals surface area contributed by atoms with Crippen LogP contribution in [-0.2, 0) is 6.54 Å². The molecule has 5 nitrogen and oxygen atoms in total. The van der Waals surface area contributed by atoms with Gasteiger partial charge in [-0.25, -0.2) is 9.97 Å². The fraction of sp³-hybridized carbons (Fsp3) is 0.214. The fourth-order valence-electron chi connectivity index (χ4n) is 2.04. The molecule has 0 atom stereocenters. The van der Waals surface area contributed by atoms with E-state index in [4.69, 9.17) is 5.73 Å². The van der Waals surface area contributed by atoms with Gasteiger partial charge in [0, 0.05) is 17.6 Å². The third kappa shape index (κ3) is 2.14. The number of pyridine rings is 2. The van der Waals surface area contributed by atoms with Crippen LogP contribution < -0.4 is 5.73 Å². The zero-order valence-electron chi connectivity index (χ0n) is 11.0. The first kappa shape index (κ1) is 11.6. The summed E-state index contributed by atoms with van der Waals surface area (Å²) in [4.78, 5) is 13.1. The molecule has 0 aromatic carbocycles. The number of rotatable bonds is 2. The lowest BCUT2D eigenvalue weighted by atomic mass is 10.2. The summed E-state index contributed by atoms with van der Waals surface area (Å²) in [6.07, 6.45) is 1.86. The number of imidazole rings is 1. The van der Waals surface area contributed by atoms with Crippen molar-refractivity contribution >= 4 is 17.1 Å². The van der Waals surface area contributed by atoms with E-state index in [1.807, 2.05) is 48.9 Å². The van der Waals surface area contributed by atoms with Gasteiger partial charge in [0.15, 0.2) is 5.65 Å². The maximum Gasteiger partial charge on any atom is 0.202 e. The topological polar surface area (TPSA) is 69.6 Å². The molecular weight excluding hydrogens is 238 g/mol. The smallest absolute Gasteiger partial charge is 0.202 e. The number of anilines is 1. The minimum absolute atomic E-state index is 0.480. The normalized spacial score (nSPS) is 11.1. The quantitative estimate of drug-likeness (QED) is 0.759. The van der Waals surface area contributed by atoms with Crippen molar-refractivity contribution in [1.82, 2.24) is 19.5 Å². The molecule has 3 aromatic rings. The van der Waals surface area contributed by atoms with Crippen LogP contribution in [0.5, 0.6) is 0 Å². The molecule has 0 fully saturated rings. The number of hydrogen-bond donors (Lipinski definition) is 1. The van der Waals surface area contributed by atoms with Gasteiger partial charge in [0.1, 0.15) is 5.52 Å². The fourth-order valence-corrected chi connectivity index (χ4v) is 2.04. The molecule has 2 N–H and O–H groups in total. The summed E-state index contributed by atoms with van der Waals surface area (Å²) in [7, 11) is 0. The van der Waals surface area contributed by atoms with Crippen molar-refractivity contribution in [1.29, 1.82) is 0 Å². The molecule has 0 amide bonds. The van der Waals surface area contributed by atoms with Gasteiger partial charge in [-0.2, -0.15) is 0 Å². The number of aromatic nitrogens is 4. The van der Waals surface area contributed by atoms with Crippen LogP contribution in [-0.4, -0.2) is 19.5 Å². The van der Waals surface area contributed by atoms with Crippen LogP contribution in [0.1, 0.15) is 17.0 Å². The number of hydrogen-bond acceptors (Lipinski definition) is 4. The summed E-state index contributed by atoms with van der Waals surface area (Å²) < 4.78 is 1.91. The second-order valence-corrected chi connectivity index (χ2v) is 4.66. The maximum absolute atomic E-state index is 5.97. The molecule has 0 saturated carbocycles. The molecular formula is C14H15N5. The Balaban J connectivity index is 2.06. The van der Waals surface area contributed by atoms with Crippen molar-refractivity contribution in [2.75, 3.05) is 5.73 Å². The number of nitrogens with two attached hydrogens (primary N) is 1. The van der Waals surface area contributed by atoms with Crippen LogP contribution in [0.25, 0.3) is 11.2 Å². The van der Waals surface area contributed by atoms with Crippen LogP contribution in [0.3, 0.4) is 0 Å². The summed E-state index contributed by atoms with van der Waals surface area (Å²) in [6, 6.07) is 7.91. The van der Waals surface area contributed by atoms with E-state index in [0.29, 0.717) is 12.5 Å². The highest BCUT2D eigenvalue weighted by Gasteiger charge is 2.10. The summed E-state index contributed by atoms with van der Waals surface area (Å²) in [6.45, 7) is 4.56. The molecule has 3 rings (SSSR count). The Morgan fingerprint density at radius 2 is 1.84 bits per heavy atom. The molecule has 3 heterocycles. The van der Waals surface area contributed by atoms with Crippen molar-refractivity contribution in [3.05, 3.63) is 47.4 Å². The molecule has 0 radical (unpaired) electrons. The minimum Gasteiger partial charge on any atom is -0.369 e. The van der Waals surface area contributed by atoms with Gasteiger partial charge in [-0.1, -0.05) is 6.07 Å². The van der Waals surface area contributed by atoms with Gasteiger partial charge >= 0.3 is 0 Å². The van der Waals surface area contributed by atoms with Gasteiger partial charge in [-0.3, -0.25) is 9.55 Å². The first-order valence-electron chi connectivity index (χ1n) is 6.14. The Morgan fingerprint density at radius 1 is 1.05 bits per heavy atom. The summed E-state index contributed by atoms with van der Waals surface area (Å²) in [5.41, 5.74) is 10.7. The largest absolute Gasteiger partial charge is 0.369 e. The maximum atomic E-state index is 5.97.